The molecule has 1 aliphatic rings. The lowest BCUT2D eigenvalue weighted by Crippen LogP contribution is -2.34. The SMILES string of the molecule is CCOC(=O)CN1C(=O)S/C(=C/c2ccc(OCc3ccc(C(=O)[O-])cc3)cc2)C1=O. The lowest BCUT2D eigenvalue weighted by Gasteiger charge is -2.10. The molecule has 8 nitrogen and oxygen atoms in total. The summed E-state index contributed by atoms with van der Waals surface area (Å²) in [6.45, 7) is 1.65. The fourth-order valence-electron chi connectivity index (χ4n) is 2.69. The highest BCUT2D eigenvalue weighted by molar-refractivity contribution is 8.18. The Morgan fingerprint density at radius 2 is 1.74 bits per heavy atom. The molecule has 0 aliphatic carbocycles. The summed E-state index contributed by atoms with van der Waals surface area (Å²) in [7, 11) is 0. The number of carboxylic acids is 1. The van der Waals surface area contributed by atoms with E-state index in [0.717, 1.165) is 22.2 Å². The van der Waals surface area contributed by atoms with Gasteiger partial charge in [0.1, 0.15) is 18.9 Å². The fraction of sp³-hybridized carbons (Fsp3) is 0.182. The van der Waals surface area contributed by atoms with E-state index in [1.807, 2.05) is 0 Å². The van der Waals surface area contributed by atoms with Gasteiger partial charge in [-0.05, 0) is 53.6 Å². The number of hydrogen-bond donors (Lipinski definition) is 0. The second-order valence-electron chi connectivity index (χ2n) is 6.41. The molecular formula is C22H18NO7S-. The molecule has 0 spiro atoms. The third-order valence-electron chi connectivity index (χ3n) is 4.24. The van der Waals surface area contributed by atoms with Crippen molar-refractivity contribution >= 4 is 40.9 Å². The minimum atomic E-state index is -1.23. The molecule has 0 unspecified atom stereocenters. The minimum absolute atomic E-state index is 0.0970. The molecule has 1 fully saturated rings. The molecule has 0 aromatic heterocycles. The summed E-state index contributed by atoms with van der Waals surface area (Å²) in [6.07, 6.45) is 1.57. The molecule has 0 bridgehead atoms. The standard InChI is InChI=1S/C22H19NO7S/c1-2-29-19(24)12-23-20(25)18(31-22(23)28)11-14-5-9-17(10-6-14)30-13-15-3-7-16(8-4-15)21(26)27/h3-11H,2,12-13H2,1H3,(H,26,27)/p-1/b18-11+. The molecule has 31 heavy (non-hydrogen) atoms. The van der Waals surface area contributed by atoms with Gasteiger partial charge in [0.25, 0.3) is 11.1 Å². The van der Waals surface area contributed by atoms with Gasteiger partial charge in [0.2, 0.25) is 0 Å². The van der Waals surface area contributed by atoms with Crippen molar-refractivity contribution < 1.29 is 33.8 Å². The first-order valence-corrected chi connectivity index (χ1v) is 10.1. The molecule has 2 aromatic carbocycles. The number of benzene rings is 2. The Morgan fingerprint density at radius 3 is 2.35 bits per heavy atom. The fourth-order valence-corrected chi connectivity index (χ4v) is 3.53. The van der Waals surface area contributed by atoms with E-state index < -0.39 is 29.6 Å². The first-order chi connectivity index (χ1) is 14.9. The van der Waals surface area contributed by atoms with Crippen LogP contribution in [0.3, 0.4) is 0 Å². The zero-order valence-electron chi connectivity index (χ0n) is 16.5. The van der Waals surface area contributed by atoms with Gasteiger partial charge in [-0.1, -0.05) is 36.4 Å². The highest BCUT2D eigenvalue weighted by Gasteiger charge is 2.36. The van der Waals surface area contributed by atoms with Gasteiger partial charge in [-0.3, -0.25) is 19.3 Å². The van der Waals surface area contributed by atoms with E-state index in [9.17, 15) is 24.3 Å². The number of hydrogen-bond acceptors (Lipinski definition) is 8. The van der Waals surface area contributed by atoms with Gasteiger partial charge in [0, 0.05) is 0 Å². The van der Waals surface area contributed by atoms with Crippen LogP contribution in [0.25, 0.3) is 6.08 Å². The van der Waals surface area contributed by atoms with Crippen LogP contribution < -0.4 is 9.84 Å². The third kappa shape index (κ3) is 5.73. The van der Waals surface area contributed by atoms with Crippen molar-refractivity contribution in [1.82, 2.24) is 4.90 Å². The van der Waals surface area contributed by atoms with Crippen molar-refractivity contribution in [3.8, 4) is 5.75 Å². The highest BCUT2D eigenvalue weighted by atomic mass is 32.2. The lowest BCUT2D eigenvalue weighted by molar-refractivity contribution is -0.255. The summed E-state index contributed by atoms with van der Waals surface area (Å²) in [5.41, 5.74) is 1.58. The molecule has 0 atom stereocenters. The number of carbonyl (C=O) groups is 4. The number of thioether (sulfide) groups is 1. The summed E-state index contributed by atoms with van der Waals surface area (Å²) < 4.78 is 10.5. The first kappa shape index (κ1) is 22.1. The van der Waals surface area contributed by atoms with Gasteiger partial charge in [-0.25, -0.2) is 0 Å². The van der Waals surface area contributed by atoms with E-state index in [2.05, 4.69) is 0 Å². The predicted molar refractivity (Wildman–Crippen MR) is 111 cm³/mol. The van der Waals surface area contributed by atoms with Crippen LogP contribution in [0.2, 0.25) is 0 Å². The van der Waals surface area contributed by atoms with E-state index >= 15 is 0 Å². The number of amides is 2. The van der Waals surface area contributed by atoms with Crippen LogP contribution in [-0.4, -0.2) is 41.1 Å². The Hall–Kier alpha value is -3.59. The molecule has 0 saturated carbocycles. The molecule has 160 valence electrons. The third-order valence-corrected chi connectivity index (χ3v) is 5.15. The summed E-state index contributed by atoms with van der Waals surface area (Å²) in [4.78, 5) is 47.8. The zero-order chi connectivity index (χ0) is 22.4. The van der Waals surface area contributed by atoms with Crippen LogP contribution in [0.1, 0.15) is 28.4 Å². The second-order valence-corrected chi connectivity index (χ2v) is 7.41. The van der Waals surface area contributed by atoms with E-state index in [-0.39, 0.29) is 23.7 Å². The minimum Gasteiger partial charge on any atom is -0.545 e. The lowest BCUT2D eigenvalue weighted by atomic mass is 10.1. The van der Waals surface area contributed by atoms with Gasteiger partial charge in [0.05, 0.1) is 17.5 Å². The molecule has 0 radical (unpaired) electrons. The Labute approximate surface area is 182 Å². The second kappa shape index (κ2) is 9.94. The average molecular weight is 440 g/mol. The number of nitrogens with zero attached hydrogens (tertiary/aromatic N) is 1. The monoisotopic (exact) mass is 440 g/mol. The molecule has 2 amide bonds. The maximum Gasteiger partial charge on any atom is 0.326 e. The van der Waals surface area contributed by atoms with E-state index in [0.29, 0.717) is 11.3 Å². The highest BCUT2D eigenvalue weighted by Crippen LogP contribution is 2.32. The molecule has 0 N–H and O–H groups in total. The van der Waals surface area contributed by atoms with Crippen molar-refractivity contribution in [1.29, 1.82) is 0 Å². The van der Waals surface area contributed by atoms with Gasteiger partial charge in [-0.2, -0.15) is 0 Å². The summed E-state index contributed by atoms with van der Waals surface area (Å²) in [5, 5.41) is 10.2. The summed E-state index contributed by atoms with van der Waals surface area (Å²) in [6, 6.07) is 13.1. The summed E-state index contributed by atoms with van der Waals surface area (Å²) in [5.74, 6) is -1.83. The molecule has 1 aliphatic heterocycles. The van der Waals surface area contributed by atoms with Crippen LogP contribution in [0.15, 0.2) is 53.4 Å². The quantitative estimate of drug-likeness (QED) is 0.454. The van der Waals surface area contributed by atoms with Gasteiger partial charge in [-0.15, -0.1) is 0 Å². The molecule has 9 heteroatoms. The van der Waals surface area contributed by atoms with E-state index in [4.69, 9.17) is 9.47 Å². The van der Waals surface area contributed by atoms with Crippen molar-refractivity contribution in [3.63, 3.8) is 0 Å². The number of carboxylic acid groups (broad SMARTS) is 1. The topological polar surface area (TPSA) is 113 Å². The van der Waals surface area contributed by atoms with Gasteiger partial charge in [0.15, 0.2) is 0 Å². The Kier molecular flexibility index (Phi) is 7.09. The van der Waals surface area contributed by atoms with Crippen LogP contribution in [-0.2, 0) is 20.9 Å². The molecule has 2 aromatic rings. The van der Waals surface area contributed by atoms with Crippen LogP contribution in [0, 0.1) is 0 Å². The molecule has 1 saturated heterocycles. The Balaban J connectivity index is 1.60. The van der Waals surface area contributed by atoms with Crippen molar-refractivity contribution in [2.75, 3.05) is 13.2 Å². The first-order valence-electron chi connectivity index (χ1n) is 9.31. The number of imide groups is 1. The zero-order valence-corrected chi connectivity index (χ0v) is 17.3. The normalized spacial score (nSPS) is 14.7. The van der Waals surface area contributed by atoms with Crippen molar-refractivity contribution in [2.24, 2.45) is 0 Å². The Bertz CT molecular complexity index is 1030. The predicted octanol–water partition coefficient (Wildman–Crippen LogP) is 2.23. The number of rotatable bonds is 8. The van der Waals surface area contributed by atoms with Gasteiger partial charge >= 0.3 is 5.97 Å². The van der Waals surface area contributed by atoms with Crippen LogP contribution in [0.5, 0.6) is 5.75 Å². The number of esters is 1. The maximum atomic E-state index is 12.4. The van der Waals surface area contributed by atoms with Gasteiger partial charge < -0.3 is 19.4 Å². The van der Waals surface area contributed by atoms with Crippen molar-refractivity contribution in [3.05, 3.63) is 70.1 Å². The van der Waals surface area contributed by atoms with Crippen LogP contribution >= 0.6 is 11.8 Å². The molecular weight excluding hydrogens is 422 g/mol. The number of carbonyl (C=O) groups excluding carboxylic acids is 4. The number of aromatic carboxylic acids is 1. The molecule has 3 rings (SSSR count). The van der Waals surface area contributed by atoms with Crippen molar-refractivity contribution in [2.45, 2.75) is 13.5 Å². The van der Waals surface area contributed by atoms with E-state index in [1.165, 1.54) is 12.1 Å². The largest absolute Gasteiger partial charge is 0.545 e. The van der Waals surface area contributed by atoms with E-state index in [1.54, 1.807) is 49.4 Å². The number of ether oxygens (including phenoxy) is 2. The smallest absolute Gasteiger partial charge is 0.326 e. The molecule has 1 heterocycles. The average Bonchev–Trinajstić information content (AvgIpc) is 3.01. The van der Waals surface area contributed by atoms with Crippen LogP contribution in [0.4, 0.5) is 4.79 Å². The Morgan fingerprint density at radius 1 is 1.06 bits per heavy atom. The maximum absolute atomic E-state index is 12.4. The summed E-state index contributed by atoms with van der Waals surface area (Å²) >= 11 is 0.765.